The third kappa shape index (κ3) is 5.33. The van der Waals surface area contributed by atoms with Gasteiger partial charge in [-0.15, -0.1) is 13.2 Å². The highest BCUT2D eigenvalue weighted by atomic mass is 32.2. The fourth-order valence-electron chi connectivity index (χ4n) is 2.67. The van der Waals surface area contributed by atoms with E-state index in [9.17, 15) is 21.6 Å². The summed E-state index contributed by atoms with van der Waals surface area (Å²) in [6, 6.07) is 7.94. The number of nitrogens with one attached hydrogen (secondary N) is 1. The van der Waals surface area contributed by atoms with Crippen LogP contribution in [0.1, 0.15) is 5.56 Å². The zero-order chi connectivity index (χ0) is 20.2. The number of hydrogen-bond acceptors (Lipinski definition) is 6. The molecule has 0 unspecified atom stereocenters. The molecule has 2 aromatic rings. The molecule has 0 radical (unpaired) electrons. The van der Waals surface area contributed by atoms with Crippen LogP contribution in [0.2, 0.25) is 0 Å². The minimum Gasteiger partial charge on any atom is -0.404 e. The number of hydrogen-bond donors (Lipinski definition) is 1. The Hall–Kier alpha value is -2.37. The lowest BCUT2D eigenvalue weighted by atomic mass is 10.2. The van der Waals surface area contributed by atoms with E-state index in [2.05, 4.69) is 14.4 Å². The molecule has 7 nitrogen and oxygen atoms in total. The van der Waals surface area contributed by atoms with Gasteiger partial charge in [0.05, 0.1) is 13.2 Å². The molecule has 3 rings (SSSR count). The second kappa shape index (κ2) is 8.33. The van der Waals surface area contributed by atoms with Gasteiger partial charge < -0.3 is 14.4 Å². The summed E-state index contributed by atoms with van der Waals surface area (Å²) >= 11 is 0. The molecule has 1 aromatic heterocycles. The average Bonchev–Trinajstić information content (AvgIpc) is 2.66. The molecule has 1 N–H and O–H groups in total. The molecule has 0 atom stereocenters. The van der Waals surface area contributed by atoms with Gasteiger partial charge in [0, 0.05) is 25.8 Å². The van der Waals surface area contributed by atoms with Crippen molar-refractivity contribution < 1.29 is 31.1 Å². The van der Waals surface area contributed by atoms with Gasteiger partial charge in [-0.3, -0.25) is 0 Å². The summed E-state index contributed by atoms with van der Waals surface area (Å²) in [6.45, 7) is 2.39. The maximum atomic E-state index is 12.5. The normalized spacial score (nSPS) is 15.5. The van der Waals surface area contributed by atoms with Crippen LogP contribution in [0.5, 0.6) is 5.75 Å². The van der Waals surface area contributed by atoms with Crippen LogP contribution < -0.4 is 14.4 Å². The summed E-state index contributed by atoms with van der Waals surface area (Å²) in [5.41, 5.74) is 0.620. The minimum absolute atomic E-state index is 0.109. The largest absolute Gasteiger partial charge is 0.573 e. The van der Waals surface area contributed by atoms with E-state index in [1.807, 2.05) is 4.90 Å². The van der Waals surface area contributed by atoms with Crippen molar-refractivity contribution in [1.29, 1.82) is 0 Å². The van der Waals surface area contributed by atoms with Gasteiger partial charge in [-0.1, -0.05) is 12.1 Å². The van der Waals surface area contributed by atoms with Crippen molar-refractivity contribution in [3.8, 4) is 5.75 Å². The highest BCUT2D eigenvalue weighted by Crippen LogP contribution is 2.29. The van der Waals surface area contributed by atoms with E-state index in [4.69, 9.17) is 4.74 Å². The first-order chi connectivity index (χ1) is 13.2. The fourth-order valence-corrected chi connectivity index (χ4v) is 3.82. The number of aromatic nitrogens is 1. The first-order valence-electron chi connectivity index (χ1n) is 8.37. The van der Waals surface area contributed by atoms with Crippen LogP contribution in [-0.2, 0) is 21.3 Å². The van der Waals surface area contributed by atoms with E-state index >= 15 is 0 Å². The summed E-state index contributed by atoms with van der Waals surface area (Å²) in [4.78, 5) is 5.69. The summed E-state index contributed by atoms with van der Waals surface area (Å²) in [7, 11) is -4.23. The topological polar surface area (TPSA) is 80.8 Å². The fraction of sp³-hybridized carbons (Fsp3) is 0.353. The number of alkyl halides is 3. The van der Waals surface area contributed by atoms with Crippen molar-refractivity contribution in [2.24, 2.45) is 0 Å². The van der Waals surface area contributed by atoms with Gasteiger partial charge in [0.1, 0.15) is 16.5 Å². The second-order valence-electron chi connectivity index (χ2n) is 5.94. The third-order valence-electron chi connectivity index (χ3n) is 3.98. The lowest BCUT2D eigenvalue weighted by molar-refractivity contribution is -0.275. The number of ether oxygens (including phenoxy) is 2. The number of para-hydroxylation sites is 1. The zero-order valence-corrected chi connectivity index (χ0v) is 15.5. The predicted octanol–water partition coefficient (Wildman–Crippen LogP) is 2.30. The monoisotopic (exact) mass is 417 g/mol. The molecule has 0 bridgehead atoms. The molecule has 0 aliphatic carbocycles. The SMILES string of the molecule is O=S(=O)(NCc1ccnc(N2CCOCC2)c1)c1ccccc1OC(F)(F)F. The molecule has 1 saturated heterocycles. The van der Waals surface area contributed by atoms with Crippen LogP contribution in [0.25, 0.3) is 0 Å². The van der Waals surface area contributed by atoms with E-state index in [1.165, 1.54) is 12.1 Å². The molecule has 0 spiro atoms. The average molecular weight is 417 g/mol. The Morgan fingerprint density at radius 1 is 1.18 bits per heavy atom. The molecule has 152 valence electrons. The molecular weight excluding hydrogens is 399 g/mol. The first-order valence-corrected chi connectivity index (χ1v) is 9.85. The lowest BCUT2D eigenvalue weighted by Gasteiger charge is -2.28. The summed E-state index contributed by atoms with van der Waals surface area (Å²) < 4.78 is 74.0. The van der Waals surface area contributed by atoms with Crippen LogP contribution >= 0.6 is 0 Å². The van der Waals surface area contributed by atoms with Gasteiger partial charge in [-0.2, -0.15) is 0 Å². The van der Waals surface area contributed by atoms with Gasteiger partial charge in [0.15, 0.2) is 0 Å². The van der Waals surface area contributed by atoms with Gasteiger partial charge in [-0.25, -0.2) is 18.1 Å². The van der Waals surface area contributed by atoms with E-state index in [0.29, 0.717) is 37.7 Å². The number of rotatable bonds is 6. The summed E-state index contributed by atoms with van der Waals surface area (Å²) in [6.07, 6.45) is -3.45. The van der Waals surface area contributed by atoms with Crippen molar-refractivity contribution >= 4 is 15.8 Å². The number of nitrogens with zero attached hydrogens (tertiary/aromatic N) is 2. The highest BCUT2D eigenvalue weighted by molar-refractivity contribution is 7.89. The third-order valence-corrected chi connectivity index (χ3v) is 5.42. The summed E-state index contributed by atoms with van der Waals surface area (Å²) in [5.74, 6) is -0.105. The number of pyridine rings is 1. The lowest BCUT2D eigenvalue weighted by Crippen LogP contribution is -2.36. The minimum atomic E-state index is -5.00. The van der Waals surface area contributed by atoms with Crippen LogP contribution in [0.4, 0.5) is 19.0 Å². The van der Waals surface area contributed by atoms with Crippen molar-refractivity contribution in [3.05, 3.63) is 48.2 Å². The van der Waals surface area contributed by atoms with Crippen molar-refractivity contribution in [3.63, 3.8) is 0 Å². The second-order valence-corrected chi connectivity index (χ2v) is 7.68. The van der Waals surface area contributed by atoms with E-state index < -0.39 is 27.0 Å². The molecule has 2 heterocycles. The van der Waals surface area contributed by atoms with E-state index in [-0.39, 0.29) is 6.54 Å². The number of benzene rings is 1. The molecule has 28 heavy (non-hydrogen) atoms. The number of morpholine rings is 1. The quantitative estimate of drug-likeness (QED) is 0.777. The van der Waals surface area contributed by atoms with Gasteiger partial charge in [0.25, 0.3) is 0 Å². The van der Waals surface area contributed by atoms with Crippen molar-refractivity contribution in [2.45, 2.75) is 17.8 Å². The Kier molecular flexibility index (Phi) is 6.06. The molecule has 0 amide bonds. The molecule has 0 saturated carbocycles. The summed E-state index contributed by atoms with van der Waals surface area (Å²) in [5, 5.41) is 0. The van der Waals surface area contributed by atoms with Crippen LogP contribution in [0, 0.1) is 0 Å². The Morgan fingerprint density at radius 3 is 2.61 bits per heavy atom. The van der Waals surface area contributed by atoms with Crippen LogP contribution in [0.3, 0.4) is 0 Å². The van der Waals surface area contributed by atoms with Gasteiger partial charge >= 0.3 is 6.36 Å². The maximum Gasteiger partial charge on any atom is 0.573 e. The molecule has 1 aliphatic heterocycles. The number of anilines is 1. The highest BCUT2D eigenvalue weighted by Gasteiger charge is 2.33. The number of halogens is 3. The molecule has 11 heteroatoms. The predicted molar refractivity (Wildman–Crippen MR) is 94.4 cm³/mol. The van der Waals surface area contributed by atoms with Crippen LogP contribution in [-0.4, -0.2) is 46.1 Å². The van der Waals surface area contributed by atoms with E-state index in [0.717, 1.165) is 12.1 Å². The first kappa shape index (κ1) is 20.4. The molecular formula is C17H18F3N3O4S. The van der Waals surface area contributed by atoms with Gasteiger partial charge in [-0.05, 0) is 29.8 Å². The smallest absolute Gasteiger partial charge is 0.404 e. The van der Waals surface area contributed by atoms with Gasteiger partial charge in [0.2, 0.25) is 10.0 Å². The van der Waals surface area contributed by atoms with Crippen molar-refractivity contribution in [1.82, 2.24) is 9.71 Å². The Balaban J connectivity index is 1.74. The Labute approximate surface area is 160 Å². The number of sulfonamides is 1. The van der Waals surface area contributed by atoms with E-state index in [1.54, 1.807) is 18.3 Å². The zero-order valence-electron chi connectivity index (χ0n) is 14.6. The van der Waals surface area contributed by atoms with Crippen LogP contribution in [0.15, 0.2) is 47.5 Å². The Morgan fingerprint density at radius 2 is 1.89 bits per heavy atom. The Bertz CT molecular complexity index is 916. The van der Waals surface area contributed by atoms with Crippen molar-refractivity contribution in [2.75, 3.05) is 31.2 Å². The standard InChI is InChI=1S/C17H18F3N3O4S/c18-17(19,20)27-14-3-1-2-4-15(14)28(24,25)22-12-13-5-6-21-16(11-13)23-7-9-26-10-8-23/h1-6,11,22H,7-10,12H2. The maximum absolute atomic E-state index is 12.5. The molecule has 1 aliphatic rings. The molecule has 1 aromatic carbocycles. The molecule has 1 fully saturated rings.